The highest BCUT2D eigenvalue weighted by Gasteiger charge is 2.15. The number of hydrogen-bond donors (Lipinski definition) is 1. The lowest BCUT2D eigenvalue weighted by atomic mass is 10.0. The summed E-state index contributed by atoms with van der Waals surface area (Å²) in [5.74, 6) is 0.598. The molecule has 3 aromatic rings. The van der Waals surface area contributed by atoms with Crippen LogP contribution in [-0.2, 0) is 13.2 Å². The normalized spacial score (nSPS) is 11.9. The fraction of sp³-hybridized carbons (Fsp3) is 0.368. The van der Waals surface area contributed by atoms with Gasteiger partial charge in [0.05, 0.1) is 12.1 Å². The minimum Gasteiger partial charge on any atom is -0.392 e. The van der Waals surface area contributed by atoms with Gasteiger partial charge in [0, 0.05) is 22.8 Å². The van der Waals surface area contributed by atoms with Crippen molar-refractivity contribution in [2.75, 3.05) is 0 Å². The summed E-state index contributed by atoms with van der Waals surface area (Å²) in [6.07, 6.45) is 0. The summed E-state index contributed by atoms with van der Waals surface area (Å²) in [6, 6.07) is 10.7. The number of aliphatic hydroxyl groups is 1. The molecule has 0 aliphatic heterocycles. The second-order valence-electron chi connectivity index (χ2n) is 6.44. The molecule has 0 radical (unpaired) electrons. The van der Waals surface area contributed by atoms with E-state index in [2.05, 4.69) is 56.5 Å². The molecule has 21 heavy (non-hydrogen) atoms. The third kappa shape index (κ3) is 2.24. The van der Waals surface area contributed by atoms with Gasteiger partial charge in [0.1, 0.15) is 0 Å². The van der Waals surface area contributed by atoms with Crippen molar-refractivity contribution >= 4 is 21.8 Å². The number of aliphatic hydroxyl groups excluding tert-OH is 1. The van der Waals surface area contributed by atoms with Crippen LogP contribution in [0.1, 0.15) is 30.5 Å². The van der Waals surface area contributed by atoms with E-state index in [1.807, 2.05) is 6.07 Å². The van der Waals surface area contributed by atoms with Crippen LogP contribution in [0.25, 0.3) is 21.8 Å². The van der Waals surface area contributed by atoms with E-state index >= 15 is 0 Å². The number of aromatic nitrogens is 1. The maximum atomic E-state index is 9.44. The summed E-state index contributed by atoms with van der Waals surface area (Å²) in [5.41, 5.74) is 6.21. The van der Waals surface area contributed by atoms with Gasteiger partial charge in [-0.15, -0.1) is 0 Å². The van der Waals surface area contributed by atoms with Crippen molar-refractivity contribution < 1.29 is 5.11 Å². The Labute approximate surface area is 126 Å². The predicted molar refractivity (Wildman–Crippen MR) is 89.7 cm³/mol. The lowest BCUT2D eigenvalue weighted by molar-refractivity contribution is 0.282. The van der Waals surface area contributed by atoms with Crippen LogP contribution in [0.5, 0.6) is 0 Å². The summed E-state index contributed by atoms with van der Waals surface area (Å²) in [6.45, 7) is 9.98. The number of aryl methyl sites for hydroxylation is 2. The standard InChI is InChI=1S/C19H23NO/c1-12(2)10-20-17-8-7-15(11-21)9-16(17)18-13(3)5-6-14(4)19(18)20/h5-9,12,21H,10-11H2,1-4H3. The zero-order valence-electron chi connectivity index (χ0n) is 13.3. The molecule has 0 atom stereocenters. The average Bonchev–Trinajstić information content (AvgIpc) is 2.77. The highest BCUT2D eigenvalue weighted by molar-refractivity contribution is 6.10. The van der Waals surface area contributed by atoms with Crippen LogP contribution in [0.4, 0.5) is 0 Å². The van der Waals surface area contributed by atoms with Crippen LogP contribution in [0.3, 0.4) is 0 Å². The summed E-state index contributed by atoms with van der Waals surface area (Å²) < 4.78 is 2.44. The van der Waals surface area contributed by atoms with Gasteiger partial charge in [-0.1, -0.05) is 32.0 Å². The fourth-order valence-electron chi connectivity index (χ4n) is 3.28. The first kappa shape index (κ1) is 14.2. The minimum absolute atomic E-state index is 0.0949. The Kier molecular flexibility index (Phi) is 3.50. The van der Waals surface area contributed by atoms with Gasteiger partial charge in [-0.3, -0.25) is 0 Å². The average molecular weight is 281 g/mol. The first-order valence-corrected chi connectivity index (χ1v) is 7.64. The second kappa shape index (κ2) is 5.19. The number of benzene rings is 2. The highest BCUT2D eigenvalue weighted by atomic mass is 16.3. The molecule has 0 spiro atoms. The molecule has 0 unspecified atom stereocenters. The van der Waals surface area contributed by atoms with Crippen LogP contribution in [0.2, 0.25) is 0 Å². The van der Waals surface area contributed by atoms with Gasteiger partial charge in [0.15, 0.2) is 0 Å². The molecule has 0 amide bonds. The van der Waals surface area contributed by atoms with E-state index in [-0.39, 0.29) is 6.61 Å². The predicted octanol–water partition coefficient (Wildman–Crippen LogP) is 4.56. The summed E-state index contributed by atoms with van der Waals surface area (Å²) in [5, 5.41) is 12.0. The first-order valence-electron chi connectivity index (χ1n) is 7.64. The number of hydrogen-bond acceptors (Lipinski definition) is 1. The minimum atomic E-state index is 0.0949. The van der Waals surface area contributed by atoms with Gasteiger partial charge < -0.3 is 9.67 Å². The number of fused-ring (bicyclic) bond motifs is 3. The smallest absolute Gasteiger partial charge is 0.0682 e. The number of rotatable bonds is 3. The van der Waals surface area contributed by atoms with Crippen molar-refractivity contribution in [2.45, 2.75) is 40.8 Å². The maximum Gasteiger partial charge on any atom is 0.0682 e. The molecule has 2 heteroatoms. The molecule has 1 N–H and O–H groups in total. The molecular weight excluding hydrogens is 258 g/mol. The Bertz CT molecular complexity index is 811. The molecule has 1 aromatic heterocycles. The van der Waals surface area contributed by atoms with Crippen LogP contribution in [0, 0.1) is 19.8 Å². The molecule has 0 aliphatic carbocycles. The van der Waals surface area contributed by atoms with Gasteiger partial charge in [0.25, 0.3) is 0 Å². The van der Waals surface area contributed by atoms with E-state index in [0.717, 1.165) is 12.1 Å². The SMILES string of the molecule is Cc1ccc(C)c2c1c1cc(CO)ccc1n2CC(C)C. The van der Waals surface area contributed by atoms with Gasteiger partial charge >= 0.3 is 0 Å². The number of nitrogens with zero attached hydrogens (tertiary/aromatic N) is 1. The molecule has 3 rings (SSSR count). The van der Waals surface area contributed by atoms with Gasteiger partial charge in [0.2, 0.25) is 0 Å². The Hall–Kier alpha value is -1.80. The maximum absolute atomic E-state index is 9.44. The van der Waals surface area contributed by atoms with Crippen LogP contribution < -0.4 is 0 Å². The molecule has 0 saturated carbocycles. The quantitative estimate of drug-likeness (QED) is 0.748. The lowest BCUT2D eigenvalue weighted by Gasteiger charge is -2.12. The molecule has 0 bridgehead atoms. The van der Waals surface area contributed by atoms with Gasteiger partial charge in [-0.2, -0.15) is 0 Å². The van der Waals surface area contributed by atoms with Crippen molar-refractivity contribution in [2.24, 2.45) is 5.92 Å². The Balaban J connectivity index is 2.48. The van der Waals surface area contributed by atoms with Crippen molar-refractivity contribution in [1.82, 2.24) is 4.57 Å². The molecule has 1 heterocycles. The summed E-state index contributed by atoms with van der Waals surface area (Å²) >= 11 is 0. The molecule has 2 aromatic carbocycles. The van der Waals surface area contributed by atoms with E-state index in [1.54, 1.807) is 0 Å². The molecule has 0 aliphatic rings. The lowest BCUT2D eigenvalue weighted by Crippen LogP contribution is -2.04. The van der Waals surface area contributed by atoms with Crippen molar-refractivity contribution in [1.29, 1.82) is 0 Å². The largest absolute Gasteiger partial charge is 0.392 e. The third-order valence-corrected chi connectivity index (χ3v) is 4.21. The third-order valence-electron chi connectivity index (χ3n) is 4.21. The highest BCUT2D eigenvalue weighted by Crippen LogP contribution is 2.34. The Morgan fingerprint density at radius 3 is 2.43 bits per heavy atom. The van der Waals surface area contributed by atoms with E-state index in [1.165, 1.54) is 32.9 Å². The van der Waals surface area contributed by atoms with Crippen molar-refractivity contribution in [3.8, 4) is 0 Å². The van der Waals surface area contributed by atoms with Crippen LogP contribution in [0.15, 0.2) is 30.3 Å². The summed E-state index contributed by atoms with van der Waals surface area (Å²) in [7, 11) is 0. The first-order chi connectivity index (χ1) is 10.0. The van der Waals surface area contributed by atoms with E-state index in [0.29, 0.717) is 5.92 Å². The van der Waals surface area contributed by atoms with Crippen LogP contribution in [-0.4, -0.2) is 9.67 Å². The zero-order valence-corrected chi connectivity index (χ0v) is 13.3. The summed E-state index contributed by atoms with van der Waals surface area (Å²) in [4.78, 5) is 0. The zero-order chi connectivity index (χ0) is 15.1. The van der Waals surface area contributed by atoms with E-state index in [4.69, 9.17) is 0 Å². The van der Waals surface area contributed by atoms with Gasteiger partial charge in [-0.05, 0) is 48.6 Å². The fourth-order valence-corrected chi connectivity index (χ4v) is 3.28. The second-order valence-corrected chi connectivity index (χ2v) is 6.44. The van der Waals surface area contributed by atoms with Gasteiger partial charge in [-0.25, -0.2) is 0 Å². The monoisotopic (exact) mass is 281 g/mol. The Morgan fingerprint density at radius 2 is 1.76 bits per heavy atom. The molecule has 2 nitrogen and oxygen atoms in total. The molecule has 0 fully saturated rings. The molecule has 110 valence electrons. The Morgan fingerprint density at radius 1 is 1.05 bits per heavy atom. The molecule has 0 saturated heterocycles. The van der Waals surface area contributed by atoms with E-state index < -0.39 is 0 Å². The topological polar surface area (TPSA) is 25.2 Å². The van der Waals surface area contributed by atoms with Crippen molar-refractivity contribution in [3.05, 3.63) is 47.0 Å². The molecular formula is C19H23NO. The van der Waals surface area contributed by atoms with Crippen LogP contribution >= 0.6 is 0 Å². The van der Waals surface area contributed by atoms with Crippen molar-refractivity contribution in [3.63, 3.8) is 0 Å². The van der Waals surface area contributed by atoms with E-state index in [9.17, 15) is 5.11 Å².